The Morgan fingerprint density at radius 3 is 2.47 bits per heavy atom. The zero-order valence-electron chi connectivity index (χ0n) is 20.2. The summed E-state index contributed by atoms with van der Waals surface area (Å²) >= 11 is 0. The van der Waals surface area contributed by atoms with Gasteiger partial charge in [-0.2, -0.15) is 0 Å². The molecular weight excluding hydrogens is 402 g/mol. The number of nitrogens with zero attached hydrogens (tertiary/aromatic N) is 3. The van der Waals surface area contributed by atoms with Gasteiger partial charge in [0, 0.05) is 64.7 Å². The molecule has 1 saturated heterocycles. The minimum absolute atomic E-state index is 0.0755. The Morgan fingerprint density at radius 1 is 1.06 bits per heavy atom. The number of hydrogen-bond acceptors (Lipinski definition) is 4. The summed E-state index contributed by atoms with van der Waals surface area (Å²) in [6.45, 7) is 9.27. The van der Waals surface area contributed by atoms with Crippen LogP contribution < -0.4 is 4.74 Å². The summed E-state index contributed by atoms with van der Waals surface area (Å²) < 4.78 is 5.37. The van der Waals surface area contributed by atoms with E-state index in [1.807, 2.05) is 46.2 Å². The first-order valence-electron chi connectivity index (χ1n) is 12.1. The number of amides is 2. The van der Waals surface area contributed by atoms with Crippen LogP contribution in [-0.2, 0) is 9.59 Å². The van der Waals surface area contributed by atoms with Gasteiger partial charge in [-0.25, -0.2) is 0 Å². The van der Waals surface area contributed by atoms with Gasteiger partial charge < -0.3 is 14.5 Å². The quantitative estimate of drug-likeness (QED) is 0.432. The Kier molecular flexibility index (Phi) is 11.9. The number of benzene rings is 1. The summed E-state index contributed by atoms with van der Waals surface area (Å²) in [5.41, 5.74) is 1.00. The summed E-state index contributed by atoms with van der Waals surface area (Å²) in [7, 11) is 1.66. The third-order valence-corrected chi connectivity index (χ3v) is 6.11. The second kappa shape index (κ2) is 14.7. The topological polar surface area (TPSA) is 53.1 Å². The van der Waals surface area contributed by atoms with Crippen LogP contribution >= 0.6 is 0 Å². The predicted molar refractivity (Wildman–Crippen MR) is 131 cm³/mol. The zero-order valence-corrected chi connectivity index (χ0v) is 20.2. The van der Waals surface area contributed by atoms with Gasteiger partial charge in [0.05, 0.1) is 7.11 Å². The average Bonchev–Trinajstić information content (AvgIpc) is 2.81. The molecule has 0 unspecified atom stereocenters. The first-order valence-corrected chi connectivity index (χ1v) is 12.1. The number of hydrogen-bond donors (Lipinski definition) is 0. The molecular formula is C26H41N3O3. The number of ether oxygens (including phenoxy) is 1. The molecule has 0 N–H and O–H groups in total. The Morgan fingerprint density at radius 2 is 1.78 bits per heavy atom. The lowest BCUT2D eigenvalue weighted by molar-refractivity contribution is -0.133. The van der Waals surface area contributed by atoms with E-state index in [0.717, 1.165) is 56.9 Å². The van der Waals surface area contributed by atoms with Crippen LogP contribution in [0.1, 0.15) is 57.9 Å². The van der Waals surface area contributed by atoms with Gasteiger partial charge in [0.2, 0.25) is 11.8 Å². The minimum atomic E-state index is 0.0755. The predicted octanol–water partition coefficient (Wildman–Crippen LogP) is 4.06. The Bertz CT molecular complexity index is 727. The smallest absolute Gasteiger partial charge is 0.222 e. The van der Waals surface area contributed by atoms with E-state index in [9.17, 15) is 9.59 Å². The molecule has 6 heteroatoms. The molecule has 1 aromatic carbocycles. The van der Waals surface area contributed by atoms with Crippen LogP contribution in [0.25, 0.3) is 6.08 Å². The van der Waals surface area contributed by atoms with Crippen molar-refractivity contribution in [1.82, 2.24) is 14.7 Å². The number of methoxy groups -OCH3 is 1. The Hall–Kier alpha value is -2.34. The molecule has 2 amide bonds. The maximum absolute atomic E-state index is 12.4. The highest BCUT2D eigenvalue weighted by atomic mass is 16.5. The lowest BCUT2D eigenvalue weighted by atomic mass is 10.1. The average molecular weight is 444 g/mol. The van der Waals surface area contributed by atoms with E-state index in [2.05, 4.69) is 11.8 Å². The molecule has 1 aliphatic rings. The second-order valence-electron chi connectivity index (χ2n) is 8.50. The van der Waals surface area contributed by atoms with Gasteiger partial charge in [-0.05, 0) is 12.5 Å². The largest absolute Gasteiger partial charge is 0.496 e. The normalized spacial score (nSPS) is 14.7. The molecule has 32 heavy (non-hydrogen) atoms. The minimum Gasteiger partial charge on any atom is -0.496 e. The number of carbonyl (C=O) groups is 2. The molecule has 0 atom stereocenters. The SMILES string of the molecule is CCCCCCCC(=O)N1CCN(CCN(C/C=C/c2ccccc2OC)C(C)=O)CC1. The molecule has 1 fully saturated rings. The van der Waals surface area contributed by atoms with Crippen LogP contribution in [0.15, 0.2) is 30.3 Å². The highest BCUT2D eigenvalue weighted by molar-refractivity contribution is 5.76. The lowest BCUT2D eigenvalue weighted by Crippen LogP contribution is -2.50. The van der Waals surface area contributed by atoms with Crippen LogP contribution in [0.3, 0.4) is 0 Å². The van der Waals surface area contributed by atoms with Gasteiger partial charge in [-0.15, -0.1) is 0 Å². The lowest BCUT2D eigenvalue weighted by Gasteiger charge is -2.35. The van der Waals surface area contributed by atoms with Crippen molar-refractivity contribution in [2.45, 2.75) is 52.4 Å². The van der Waals surface area contributed by atoms with Gasteiger partial charge in [0.15, 0.2) is 0 Å². The van der Waals surface area contributed by atoms with Crippen molar-refractivity contribution < 1.29 is 14.3 Å². The van der Waals surface area contributed by atoms with Crippen LogP contribution in [0, 0.1) is 0 Å². The molecule has 6 nitrogen and oxygen atoms in total. The first kappa shape index (κ1) is 25.9. The van der Waals surface area contributed by atoms with Gasteiger partial charge in [-0.1, -0.05) is 63.0 Å². The van der Waals surface area contributed by atoms with Crippen molar-refractivity contribution in [2.75, 3.05) is 52.9 Å². The van der Waals surface area contributed by atoms with Gasteiger partial charge in [-0.3, -0.25) is 14.5 Å². The molecule has 1 aromatic rings. The molecule has 0 radical (unpaired) electrons. The van der Waals surface area contributed by atoms with Crippen molar-refractivity contribution >= 4 is 17.9 Å². The Balaban J connectivity index is 1.71. The molecule has 0 aromatic heterocycles. The highest BCUT2D eigenvalue weighted by Gasteiger charge is 2.21. The zero-order chi connectivity index (χ0) is 23.2. The molecule has 1 heterocycles. The van der Waals surface area contributed by atoms with Crippen molar-refractivity contribution in [2.24, 2.45) is 0 Å². The van der Waals surface area contributed by atoms with Crippen LogP contribution in [0.5, 0.6) is 5.75 Å². The van der Waals surface area contributed by atoms with E-state index >= 15 is 0 Å². The fourth-order valence-corrected chi connectivity index (χ4v) is 4.01. The molecule has 0 saturated carbocycles. The van der Waals surface area contributed by atoms with Crippen molar-refractivity contribution in [3.05, 3.63) is 35.9 Å². The van der Waals surface area contributed by atoms with Gasteiger partial charge in [0.1, 0.15) is 5.75 Å². The van der Waals surface area contributed by atoms with E-state index in [1.54, 1.807) is 14.0 Å². The Labute approximate surface area is 194 Å². The first-order chi connectivity index (χ1) is 15.5. The van der Waals surface area contributed by atoms with E-state index in [4.69, 9.17) is 4.74 Å². The highest BCUT2D eigenvalue weighted by Crippen LogP contribution is 2.18. The molecule has 0 aliphatic carbocycles. The standard InChI is InChI=1S/C26H41N3O3/c1-4-5-6-7-8-15-26(31)29-21-18-27(19-22-29)17-20-28(23(2)30)16-11-13-24-12-9-10-14-25(24)32-3/h9-14H,4-8,15-22H2,1-3H3/b13-11+. The number of carbonyl (C=O) groups excluding carboxylic acids is 2. The summed E-state index contributed by atoms with van der Waals surface area (Å²) in [4.78, 5) is 30.7. The third-order valence-electron chi connectivity index (χ3n) is 6.11. The van der Waals surface area contributed by atoms with E-state index in [0.29, 0.717) is 25.4 Å². The van der Waals surface area contributed by atoms with E-state index in [1.165, 1.54) is 19.3 Å². The van der Waals surface area contributed by atoms with Crippen molar-refractivity contribution in [1.29, 1.82) is 0 Å². The van der Waals surface area contributed by atoms with Gasteiger partial charge >= 0.3 is 0 Å². The summed E-state index contributed by atoms with van der Waals surface area (Å²) in [5, 5.41) is 0. The van der Waals surface area contributed by atoms with Crippen molar-refractivity contribution in [3.63, 3.8) is 0 Å². The number of rotatable bonds is 13. The van der Waals surface area contributed by atoms with E-state index < -0.39 is 0 Å². The molecule has 0 bridgehead atoms. The number of para-hydroxylation sites is 1. The van der Waals surface area contributed by atoms with Crippen molar-refractivity contribution in [3.8, 4) is 5.75 Å². The van der Waals surface area contributed by atoms with Gasteiger partial charge in [0.25, 0.3) is 0 Å². The van der Waals surface area contributed by atoms with Crippen LogP contribution in [-0.4, -0.2) is 79.4 Å². The summed E-state index contributed by atoms with van der Waals surface area (Å²) in [6, 6.07) is 7.85. The molecule has 2 rings (SSSR count). The number of unbranched alkanes of at least 4 members (excludes halogenated alkanes) is 4. The fraction of sp³-hybridized carbons (Fsp3) is 0.615. The maximum Gasteiger partial charge on any atom is 0.222 e. The van der Waals surface area contributed by atoms with Crippen LogP contribution in [0.2, 0.25) is 0 Å². The summed E-state index contributed by atoms with van der Waals surface area (Å²) in [6.07, 6.45) is 10.6. The van der Waals surface area contributed by atoms with E-state index in [-0.39, 0.29) is 5.91 Å². The molecule has 1 aliphatic heterocycles. The van der Waals surface area contributed by atoms with Crippen LogP contribution in [0.4, 0.5) is 0 Å². The molecule has 178 valence electrons. The fourth-order valence-electron chi connectivity index (χ4n) is 4.01. The maximum atomic E-state index is 12.4. The molecule has 0 spiro atoms. The third kappa shape index (κ3) is 9.03. The second-order valence-corrected chi connectivity index (χ2v) is 8.50. The number of piperazine rings is 1. The summed E-state index contributed by atoms with van der Waals surface area (Å²) in [5.74, 6) is 1.20. The monoisotopic (exact) mass is 443 g/mol.